The predicted molar refractivity (Wildman–Crippen MR) is 197 cm³/mol. The molecule has 6 atom stereocenters. The molecule has 0 radical (unpaired) electrons. The van der Waals surface area contributed by atoms with Crippen molar-refractivity contribution in [2.45, 2.75) is 75.1 Å². The number of benzene rings is 2. The van der Waals surface area contributed by atoms with Gasteiger partial charge in [-0.15, -0.1) is 0 Å². The fraction of sp³-hybridized carbons (Fsp3) is 0.615. The van der Waals surface area contributed by atoms with Crippen molar-refractivity contribution in [2.24, 2.45) is 17.8 Å². The van der Waals surface area contributed by atoms with Crippen LogP contribution in [-0.2, 0) is 31.3 Å². The van der Waals surface area contributed by atoms with Crippen LogP contribution >= 0.6 is 11.6 Å². The van der Waals surface area contributed by atoms with E-state index in [4.69, 9.17) is 25.8 Å². The van der Waals surface area contributed by atoms with Crippen molar-refractivity contribution in [1.82, 2.24) is 9.62 Å². The molecule has 272 valence electrons. The van der Waals surface area contributed by atoms with Crippen LogP contribution in [0.1, 0.15) is 73.9 Å². The molecular formula is C39H52ClN3O6S. The number of nitrogens with zero attached hydrogens (tertiary/aromatic N) is 2. The third kappa shape index (κ3) is 6.95. The molecule has 7 rings (SSSR count). The molecule has 2 bridgehead atoms. The first-order valence-corrected chi connectivity index (χ1v) is 20.3. The summed E-state index contributed by atoms with van der Waals surface area (Å²) in [6.45, 7) is 9.86. The Morgan fingerprint density at radius 1 is 1.10 bits per heavy atom. The van der Waals surface area contributed by atoms with Crippen molar-refractivity contribution in [3.05, 3.63) is 70.3 Å². The summed E-state index contributed by atoms with van der Waals surface area (Å²) in [4.78, 5) is 18.5. The van der Waals surface area contributed by atoms with E-state index in [1.165, 1.54) is 11.1 Å². The van der Waals surface area contributed by atoms with Crippen LogP contribution in [0.25, 0.3) is 0 Å². The number of carbonyl (C=O) groups is 1. The number of morpholine rings is 1. The Morgan fingerprint density at radius 3 is 2.68 bits per heavy atom. The van der Waals surface area contributed by atoms with Crippen molar-refractivity contribution in [2.75, 3.05) is 64.6 Å². The molecule has 1 saturated carbocycles. The number of anilines is 1. The molecule has 0 aromatic heterocycles. The molecule has 1 amide bonds. The summed E-state index contributed by atoms with van der Waals surface area (Å²) in [6.07, 6.45) is 10.9. The number of carbonyl (C=O) groups excluding carboxylic acids is 1. The zero-order chi connectivity index (χ0) is 35.1. The quantitative estimate of drug-likeness (QED) is 0.384. The molecule has 2 aliphatic carbocycles. The number of halogens is 1. The lowest BCUT2D eigenvalue weighted by atomic mass is 9.63. The Bertz CT molecular complexity index is 1710. The van der Waals surface area contributed by atoms with Crippen LogP contribution in [-0.4, -0.2) is 89.7 Å². The number of aryl methyl sites for hydroxylation is 1. The second kappa shape index (κ2) is 14.4. The number of sulfonamides is 1. The van der Waals surface area contributed by atoms with Gasteiger partial charge in [0.15, 0.2) is 0 Å². The fourth-order valence-corrected chi connectivity index (χ4v) is 10.6. The van der Waals surface area contributed by atoms with Gasteiger partial charge in [-0.05, 0) is 111 Å². The maximum absolute atomic E-state index is 13.6. The van der Waals surface area contributed by atoms with Crippen LogP contribution in [0.4, 0.5) is 5.69 Å². The first-order chi connectivity index (χ1) is 24.0. The Morgan fingerprint density at radius 2 is 1.92 bits per heavy atom. The largest absolute Gasteiger partial charge is 0.490 e. The zero-order valence-corrected chi connectivity index (χ0v) is 31.2. The molecule has 3 aliphatic heterocycles. The van der Waals surface area contributed by atoms with E-state index in [0.29, 0.717) is 30.3 Å². The van der Waals surface area contributed by atoms with E-state index >= 15 is 0 Å². The Kier molecular flexibility index (Phi) is 10.3. The maximum Gasteiger partial charge on any atom is 0.264 e. The molecule has 2 fully saturated rings. The summed E-state index contributed by atoms with van der Waals surface area (Å²) in [5.41, 5.74) is 2.94. The summed E-state index contributed by atoms with van der Waals surface area (Å²) < 4.78 is 48.4. The maximum atomic E-state index is 13.6. The number of nitrogens with one attached hydrogen (secondary N) is 1. The SMILES string of the molecule is CO[C@@]1(CCN2CCOCC2)/C=C\C[C@H](C)[C@@H](C)S(=O)(=O)NC(=O)c2ccc3c(c2)N(C[C@@H]2CC[C@H]21)C[C@@]1(CCCc2cc(Cl)ccc21)CO3. The first kappa shape index (κ1) is 35.8. The molecule has 1 spiro atoms. The van der Waals surface area contributed by atoms with E-state index < -0.39 is 26.8 Å². The van der Waals surface area contributed by atoms with Crippen LogP contribution in [0.2, 0.25) is 5.02 Å². The Labute approximate surface area is 302 Å². The third-order valence-electron chi connectivity index (χ3n) is 12.5. The second-order valence-electron chi connectivity index (χ2n) is 15.4. The molecule has 9 nitrogen and oxygen atoms in total. The molecule has 0 unspecified atom stereocenters. The summed E-state index contributed by atoms with van der Waals surface area (Å²) in [5.74, 6) is 0.515. The lowest BCUT2D eigenvalue weighted by molar-refractivity contribution is -0.0865. The van der Waals surface area contributed by atoms with E-state index in [1.54, 1.807) is 13.0 Å². The highest BCUT2D eigenvalue weighted by molar-refractivity contribution is 7.90. The van der Waals surface area contributed by atoms with E-state index in [0.717, 1.165) is 95.2 Å². The number of amides is 1. The Balaban J connectivity index is 1.30. The molecule has 50 heavy (non-hydrogen) atoms. The van der Waals surface area contributed by atoms with Gasteiger partial charge in [0.2, 0.25) is 10.0 Å². The van der Waals surface area contributed by atoms with Gasteiger partial charge in [0.25, 0.3) is 5.91 Å². The number of hydrogen-bond acceptors (Lipinski definition) is 8. The topological polar surface area (TPSA) is 97.4 Å². The summed E-state index contributed by atoms with van der Waals surface area (Å²) in [5, 5.41) is -0.0255. The van der Waals surface area contributed by atoms with Gasteiger partial charge in [-0.1, -0.05) is 36.7 Å². The molecule has 2 aromatic carbocycles. The first-order valence-electron chi connectivity index (χ1n) is 18.4. The van der Waals surface area contributed by atoms with Crippen LogP contribution in [0.5, 0.6) is 5.75 Å². The highest BCUT2D eigenvalue weighted by Gasteiger charge is 2.49. The molecule has 3 heterocycles. The number of allylic oxidation sites excluding steroid dienone is 1. The molecule has 1 N–H and O–H groups in total. The summed E-state index contributed by atoms with van der Waals surface area (Å²) in [6, 6.07) is 11.6. The van der Waals surface area contributed by atoms with Crippen molar-refractivity contribution < 1.29 is 27.4 Å². The number of methoxy groups -OCH3 is 1. The minimum atomic E-state index is -3.94. The predicted octanol–water partition coefficient (Wildman–Crippen LogP) is 5.99. The minimum absolute atomic E-state index is 0.212. The van der Waals surface area contributed by atoms with Gasteiger partial charge >= 0.3 is 0 Å². The van der Waals surface area contributed by atoms with Crippen molar-refractivity contribution >= 4 is 33.2 Å². The minimum Gasteiger partial charge on any atom is -0.490 e. The average molecular weight is 726 g/mol. The highest BCUT2D eigenvalue weighted by Crippen LogP contribution is 2.50. The van der Waals surface area contributed by atoms with E-state index in [1.807, 2.05) is 32.2 Å². The van der Waals surface area contributed by atoms with Gasteiger partial charge in [0.1, 0.15) is 5.75 Å². The molecular weight excluding hydrogens is 674 g/mol. The fourth-order valence-electron chi connectivity index (χ4n) is 9.10. The van der Waals surface area contributed by atoms with Gasteiger partial charge in [-0.2, -0.15) is 0 Å². The summed E-state index contributed by atoms with van der Waals surface area (Å²) >= 11 is 6.48. The normalized spacial score (nSPS) is 33.6. The van der Waals surface area contributed by atoms with E-state index in [9.17, 15) is 13.2 Å². The molecule has 1 saturated heterocycles. The van der Waals surface area contributed by atoms with Gasteiger partial charge < -0.3 is 19.1 Å². The van der Waals surface area contributed by atoms with Crippen LogP contribution in [0, 0.1) is 17.8 Å². The van der Waals surface area contributed by atoms with Gasteiger partial charge in [0.05, 0.1) is 36.4 Å². The number of fused-ring (bicyclic) bond motifs is 4. The third-order valence-corrected chi connectivity index (χ3v) is 14.7. The van der Waals surface area contributed by atoms with E-state index in [-0.39, 0.29) is 17.3 Å². The van der Waals surface area contributed by atoms with Gasteiger partial charge in [-0.25, -0.2) is 13.1 Å². The molecule has 2 aromatic rings. The molecule has 5 aliphatic rings. The van der Waals surface area contributed by atoms with Crippen LogP contribution < -0.4 is 14.4 Å². The van der Waals surface area contributed by atoms with Gasteiger partial charge in [-0.3, -0.25) is 9.69 Å². The van der Waals surface area contributed by atoms with Crippen LogP contribution in [0.3, 0.4) is 0 Å². The zero-order valence-electron chi connectivity index (χ0n) is 29.7. The Hall–Kier alpha value is -2.63. The lowest BCUT2D eigenvalue weighted by Gasteiger charge is -2.51. The van der Waals surface area contributed by atoms with Crippen molar-refractivity contribution in [3.8, 4) is 5.75 Å². The smallest absolute Gasteiger partial charge is 0.264 e. The monoisotopic (exact) mass is 725 g/mol. The molecule has 11 heteroatoms. The number of rotatable bonds is 4. The second-order valence-corrected chi connectivity index (χ2v) is 17.9. The number of ether oxygens (including phenoxy) is 3. The van der Waals surface area contributed by atoms with E-state index in [2.05, 4.69) is 38.8 Å². The van der Waals surface area contributed by atoms with Gasteiger partial charge in [0, 0.05) is 55.8 Å². The average Bonchev–Trinajstić information content (AvgIpc) is 3.25. The highest BCUT2D eigenvalue weighted by atomic mass is 35.5. The lowest BCUT2D eigenvalue weighted by Crippen LogP contribution is -2.54. The standard InChI is InChI=1S/C39H52ClN3O6S/c1-27-6-4-15-39(47-3,16-17-42-18-20-48-21-19-42)34-11-8-31(34)24-43-25-38(14-5-7-29-22-32(40)10-12-33(29)38)26-49-36-13-9-30(23-35(36)43)37(44)41-50(45,46)28(27)2/h4,9-10,12-13,15,22-23,27-28,31,34H,5-8,11,14,16-21,24-26H2,1-3H3,(H,41,44)/b15-4-/t27-,28+,31-,34+,38-,39+/m0/s1. The summed E-state index contributed by atoms with van der Waals surface area (Å²) in [7, 11) is -2.11. The number of hydrogen-bond donors (Lipinski definition) is 1. The van der Waals surface area contributed by atoms with Crippen molar-refractivity contribution in [3.63, 3.8) is 0 Å². The van der Waals surface area contributed by atoms with Crippen LogP contribution in [0.15, 0.2) is 48.6 Å². The van der Waals surface area contributed by atoms with Crippen molar-refractivity contribution in [1.29, 1.82) is 0 Å².